The summed E-state index contributed by atoms with van der Waals surface area (Å²) in [6, 6.07) is 12.7. The van der Waals surface area contributed by atoms with Gasteiger partial charge in [0.15, 0.2) is 0 Å². The van der Waals surface area contributed by atoms with Crippen LogP contribution in [-0.2, 0) is 23.6 Å². The average Bonchev–Trinajstić information content (AvgIpc) is 3.28. The fourth-order valence-electron chi connectivity index (χ4n) is 8.19. The zero-order valence-electron chi connectivity index (χ0n) is 20.4. The number of fused-ring (bicyclic) bond motifs is 5. The normalized spacial score (nSPS) is 36.1. The molecule has 0 bridgehead atoms. The van der Waals surface area contributed by atoms with E-state index in [1.54, 1.807) is 0 Å². The van der Waals surface area contributed by atoms with Gasteiger partial charge in [-0.1, -0.05) is 89.3 Å². The summed E-state index contributed by atoms with van der Waals surface area (Å²) in [5.41, 5.74) is 2.27. The van der Waals surface area contributed by atoms with Crippen LogP contribution in [0.2, 0.25) is 18.6 Å². The molecule has 4 fully saturated rings. The van der Waals surface area contributed by atoms with E-state index in [2.05, 4.69) is 55.4 Å². The van der Waals surface area contributed by atoms with Gasteiger partial charge >= 0.3 is 35.6 Å². The third-order valence-corrected chi connectivity index (χ3v) is 12.6. The molecule has 0 amide bonds. The summed E-state index contributed by atoms with van der Waals surface area (Å²) in [6.45, 7) is 6.14. The SMILES string of the molecule is CN1C2CCCCC2C2C3CCCCC3C([Si](C)(C)[N-]Cc3ccccc3)C21.[CH3-].[Cl][Ti][Cl]. The van der Waals surface area contributed by atoms with Crippen LogP contribution < -0.4 is 0 Å². The predicted molar refractivity (Wildman–Crippen MR) is 139 cm³/mol. The van der Waals surface area contributed by atoms with Gasteiger partial charge < -0.3 is 12.4 Å². The second-order valence-corrected chi connectivity index (χ2v) is 17.8. The van der Waals surface area contributed by atoms with Crippen molar-refractivity contribution in [1.82, 2.24) is 4.90 Å². The number of hydrogen-bond acceptors (Lipinski definition) is 1. The molecule has 6 heteroatoms. The quantitative estimate of drug-likeness (QED) is 0.284. The number of hydrogen-bond donors (Lipinski definition) is 0. The number of halogens is 2. The van der Waals surface area contributed by atoms with Crippen molar-refractivity contribution in [2.24, 2.45) is 23.7 Å². The Balaban J connectivity index is 0.000000686. The first-order valence-electron chi connectivity index (χ1n) is 12.4. The second-order valence-electron chi connectivity index (χ2n) is 10.9. The first-order chi connectivity index (χ1) is 15.0. The van der Waals surface area contributed by atoms with E-state index in [1.807, 2.05) is 0 Å². The van der Waals surface area contributed by atoms with Crippen molar-refractivity contribution in [3.8, 4) is 0 Å². The molecule has 1 aromatic rings. The van der Waals surface area contributed by atoms with Crippen molar-refractivity contribution in [3.05, 3.63) is 48.3 Å². The Kier molecular flexibility index (Phi) is 10.3. The minimum atomic E-state index is -1.67. The summed E-state index contributed by atoms with van der Waals surface area (Å²) in [6.07, 6.45) is 11.9. The van der Waals surface area contributed by atoms with Crippen molar-refractivity contribution < 1.29 is 17.0 Å². The van der Waals surface area contributed by atoms with E-state index in [0.717, 1.165) is 47.8 Å². The molecule has 1 saturated heterocycles. The molecule has 7 atom stereocenters. The van der Waals surface area contributed by atoms with Crippen LogP contribution in [0, 0.1) is 31.1 Å². The summed E-state index contributed by atoms with van der Waals surface area (Å²) in [5, 5.41) is 0. The summed E-state index contributed by atoms with van der Waals surface area (Å²) in [5.74, 6) is 3.97. The van der Waals surface area contributed by atoms with E-state index in [-0.39, 0.29) is 7.43 Å². The molecule has 5 rings (SSSR count). The first-order valence-corrected chi connectivity index (χ1v) is 19.7. The van der Waals surface area contributed by atoms with Crippen LogP contribution in [-0.4, -0.2) is 32.3 Å². The number of benzene rings is 1. The first kappa shape index (κ1) is 27.2. The minimum absolute atomic E-state index is 0. The van der Waals surface area contributed by atoms with Crippen molar-refractivity contribution in [3.63, 3.8) is 0 Å². The molecule has 3 saturated carbocycles. The number of rotatable bonds is 4. The molecule has 1 heterocycles. The zero-order valence-corrected chi connectivity index (χ0v) is 24.5. The van der Waals surface area contributed by atoms with Crippen LogP contribution in [0.3, 0.4) is 0 Å². The van der Waals surface area contributed by atoms with E-state index < -0.39 is 25.3 Å². The van der Waals surface area contributed by atoms with Crippen LogP contribution in [0.4, 0.5) is 0 Å². The maximum atomic E-state index is 5.52. The van der Waals surface area contributed by atoms with Crippen LogP contribution in [0.25, 0.3) is 4.98 Å². The maximum absolute atomic E-state index is 5.52. The third-order valence-electron chi connectivity index (χ3n) is 9.19. The molecule has 0 aromatic heterocycles. The molecule has 7 unspecified atom stereocenters. The van der Waals surface area contributed by atoms with Gasteiger partial charge in [0.05, 0.1) is 0 Å². The Morgan fingerprint density at radius 1 is 0.938 bits per heavy atom. The molecule has 180 valence electrons. The Morgan fingerprint density at radius 2 is 1.50 bits per heavy atom. The molecule has 0 spiro atoms. The van der Waals surface area contributed by atoms with Gasteiger partial charge in [-0.15, -0.1) is 6.54 Å². The van der Waals surface area contributed by atoms with Crippen molar-refractivity contribution in [2.75, 3.05) is 7.05 Å². The van der Waals surface area contributed by atoms with E-state index in [9.17, 15) is 0 Å². The third kappa shape index (κ3) is 5.40. The van der Waals surface area contributed by atoms with E-state index >= 15 is 0 Å². The molecule has 1 aromatic carbocycles. The standard InChI is InChI=1S/C25H39N2Si.CH3.2ClH.Ti/c1-27-22-16-10-9-15-21(22)23-19-13-7-8-14-20(19)25(24(23)27)28(2,3)26-17-18-11-5-4-6-12-18;;;;/h4-6,11-12,19-25H,7-10,13-17H2,1-3H3;1H3;2*1H;/q2*-1;;;+2/p-2. The second kappa shape index (κ2) is 12.1. The van der Waals surface area contributed by atoms with Crippen molar-refractivity contribution >= 4 is 26.8 Å². The van der Waals surface area contributed by atoms with Gasteiger partial charge in [-0.05, 0) is 55.5 Å². The topological polar surface area (TPSA) is 17.3 Å². The average molecular weight is 529 g/mol. The summed E-state index contributed by atoms with van der Waals surface area (Å²) in [4.78, 5) is 8.43. The van der Waals surface area contributed by atoms with Crippen LogP contribution in [0.15, 0.2) is 30.3 Å². The predicted octanol–water partition coefficient (Wildman–Crippen LogP) is 8.27. The van der Waals surface area contributed by atoms with Gasteiger partial charge in [0.25, 0.3) is 0 Å². The van der Waals surface area contributed by atoms with E-state index in [1.165, 1.54) is 56.9 Å². The fraction of sp³-hybridized carbons (Fsp3) is 0.731. The molecule has 1 aliphatic heterocycles. The van der Waals surface area contributed by atoms with Gasteiger partial charge in [0.1, 0.15) is 0 Å². The fourth-order valence-corrected chi connectivity index (χ4v) is 11.8. The molecule has 32 heavy (non-hydrogen) atoms. The number of nitrogens with zero attached hydrogens (tertiary/aromatic N) is 2. The van der Waals surface area contributed by atoms with Gasteiger partial charge in [-0.3, -0.25) is 4.90 Å². The zero-order chi connectivity index (χ0) is 22.0. The van der Waals surface area contributed by atoms with Crippen LogP contribution >= 0.6 is 18.6 Å². The summed E-state index contributed by atoms with van der Waals surface area (Å²) in [7, 11) is 10.6. The van der Waals surface area contributed by atoms with E-state index in [0.29, 0.717) is 0 Å². The Bertz CT molecular complexity index is 706. The Labute approximate surface area is 215 Å². The van der Waals surface area contributed by atoms with Gasteiger partial charge in [-0.2, -0.15) is 0 Å². The van der Waals surface area contributed by atoms with Gasteiger partial charge in [0, 0.05) is 12.1 Å². The van der Waals surface area contributed by atoms with Gasteiger partial charge in [-0.25, -0.2) is 0 Å². The molecule has 4 aliphatic rings. The molecular formula is C26H42Cl2N2SiTi-2. The van der Waals surface area contributed by atoms with Crippen LogP contribution in [0.1, 0.15) is 56.9 Å². The molecule has 2 nitrogen and oxygen atoms in total. The Hall–Kier alpha value is 0.651. The monoisotopic (exact) mass is 528 g/mol. The summed E-state index contributed by atoms with van der Waals surface area (Å²) >= 11 is -0.556. The van der Waals surface area contributed by atoms with Crippen molar-refractivity contribution in [1.29, 1.82) is 0 Å². The molecular weight excluding hydrogens is 487 g/mol. The Morgan fingerprint density at radius 3 is 2.16 bits per heavy atom. The molecule has 0 radical (unpaired) electrons. The van der Waals surface area contributed by atoms with Crippen LogP contribution in [0.5, 0.6) is 0 Å². The molecule has 3 aliphatic carbocycles. The number of likely N-dealkylation sites (tertiary alicyclic amines) is 1. The van der Waals surface area contributed by atoms with Crippen molar-refractivity contribution in [2.45, 2.75) is 88.6 Å². The molecule has 0 N–H and O–H groups in total. The van der Waals surface area contributed by atoms with Gasteiger partial charge in [0.2, 0.25) is 0 Å². The van der Waals surface area contributed by atoms with E-state index in [4.69, 9.17) is 23.6 Å². The summed E-state index contributed by atoms with van der Waals surface area (Å²) < 4.78 is 0.